The van der Waals surface area contributed by atoms with E-state index < -0.39 is 35.1 Å². The first-order valence-corrected chi connectivity index (χ1v) is 8.96. The Bertz CT molecular complexity index is 704. The van der Waals surface area contributed by atoms with Crippen molar-refractivity contribution in [3.8, 4) is 11.5 Å². The average Bonchev–Trinajstić information content (AvgIpc) is 2.62. The number of sulfonamides is 1. The van der Waals surface area contributed by atoms with Crippen LogP contribution >= 0.6 is 0 Å². The molecular formula is C15H22N2O7S. The van der Waals surface area contributed by atoms with Crippen LogP contribution in [0, 0.1) is 0 Å². The summed E-state index contributed by atoms with van der Waals surface area (Å²) >= 11 is 0. The summed E-state index contributed by atoms with van der Waals surface area (Å²) in [4.78, 5) is 22.8. The van der Waals surface area contributed by atoms with Crippen molar-refractivity contribution in [3.05, 3.63) is 18.2 Å². The summed E-state index contributed by atoms with van der Waals surface area (Å²) < 4.78 is 41.2. The largest absolute Gasteiger partial charge is 0.493 e. The molecule has 0 saturated carbocycles. The molecule has 0 aromatic heterocycles. The van der Waals surface area contributed by atoms with Crippen LogP contribution in [-0.4, -0.2) is 54.2 Å². The van der Waals surface area contributed by atoms with Crippen molar-refractivity contribution in [2.75, 3.05) is 33.9 Å². The predicted molar refractivity (Wildman–Crippen MR) is 89.0 cm³/mol. The fraction of sp³-hybridized carbons (Fsp3) is 0.467. The van der Waals surface area contributed by atoms with Gasteiger partial charge in [-0.2, -0.15) is 4.72 Å². The standard InChI is InChI=1S/C15H22N2O7S/c1-4-7-16-14(18)10-24-15(19)9-17-25(20,21)11-5-6-12(22-2)13(8-11)23-3/h5-6,8,17H,4,7,9-10H2,1-3H3,(H,16,18). The fourth-order valence-electron chi connectivity index (χ4n) is 1.73. The van der Waals surface area contributed by atoms with Gasteiger partial charge in [-0.05, 0) is 18.6 Å². The van der Waals surface area contributed by atoms with E-state index in [9.17, 15) is 18.0 Å². The van der Waals surface area contributed by atoms with E-state index in [0.717, 1.165) is 6.42 Å². The summed E-state index contributed by atoms with van der Waals surface area (Å²) in [6.45, 7) is 1.30. The number of hydrogen-bond acceptors (Lipinski definition) is 7. The Morgan fingerprint density at radius 1 is 1.12 bits per heavy atom. The number of rotatable bonds is 10. The summed E-state index contributed by atoms with van der Waals surface area (Å²) in [6.07, 6.45) is 0.755. The van der Waals surface area contributed by atoms with E-state index in [1.54, 1.807) is 0 Å². The SMILES string of the molecule is CCCNC(=O)COC(=O)CNS(=O)(=O)c1ccc(OC)c(OC)c1. The van der Waals surface area contributed by atoms with Gasteiger partial charge in [0.25, 0.3) is 5.91 Å². The van der Waals surface area contributed by atoms with Crippen LogP contribution in [-0.2, 0) is 24.3 Å². The number of carbonyl (C=O) groups is 2. The van der Waals surface area contributed by atoms with Crippen molar-refractivity contribution in [3.63, 3.8) is 0 Å². The minimum absolute atomic E-state index is 0.0985. The van der Waals surface area contributed by atoms with Gasteiger partial charge in [-0.25, -0.2) is 8.42 Å². The molecule has 0 atom stereocenters. The first-order chi connectivity index (χ1) is 11.8. The number of amides is 1. The highest BCUT2D eigenvalue weighted by atomic mass is 32.2. The molecule has 1 rings (SSSR count). The Morgan fingerprint density at radius 2 is 1.80 bits per heavy atom. The zero-order valence-electron chi connectivity index (χ0n) is 14.3. The Labute approximate surface area is 146 Å². The van der Waals surface area contributed by atoms with Gasteiger partial charge in [-0.15, -0.1) is 0 Å². The third-order valence-electron chi connectivity index (χ3n) is 3.01. The molecule has 0 aliphatic carbocycles. The fourth-order valence-corrected chi connectivity index (χ4v) is 2.72. The van der Waals surface area contributed by atoms with Gasteiger partial charge >= 0.3 is 5.97 Å². The van der Waals surface area contributed by atoms with E-state index in [2.05, 4.69) is 10.0 Å². The minimum atomic E-state index is -3.95. The van der Waals surface area contributed by atoms with Crippen molar-refractivity contribution in [1.82, 2.24) is 10.0 Å². The highest BCUT2D eigenvalue weighted by molar-refractivity contribution is 7.89. The Hall–Kier alpha value is -2.33. The van der Waals surface area contributed by atoms with Gasteiger partial charge in [0.05, 0.1) is 19.1 Å². The molecule has 1 aromatic rings. The van der Waals surface area contributed by atoms with Crippen LogP contribution < -0.4 is 19.5 Å². The third-order valence-corrected chi connectivity index (χ3v) is 4.41. The lowest BCUT2D eigenvalue weighted by atomic mass is 10.3. The molecule has 0 aliphatic rings. The minimum Gasteiger partial charge on any atom is -0.493 e. The number of benzene rings is 1. The summed E-state index contributed by atoms with van der Waals surface area (Å²) in [5.74, 6) is -0.701. The lowest BCUT2D eigenvalue weighted by Gasteiger charge is -2.11. The van der Waals surface area contributed by atoms with E-state index in [4.69, 9.17) is 14.2 Å². The van der Waals surface area contributed by atoms with Crippen molar-refractivity contribution in [2.45, 2.75) is 18.2 Å². The second-order valence-electron chi connectivity index (χ2n) is 4.85. The molecule has 10 heteroatoms. The first-order valence-electron chi connectivity index (χ1n) is 7.48. The Balaban J connectivity index is 2.61. The summed E-state index contributed by atoms with van der Waals surface area (Å²) in [6, 6.07) is 4.02. The number of ether oxygens (including phenoxy) is 3. The lowest BCUT2D eigenvalue weighted by molar-refractivity contribution is -0.147. The number of esters is 1. The molecule has 2 N–H and O–H groups in total. The van der Waals surface area contributed by atoms with Gasteiger partial charge in [-0.3, -0.25) is 9.59 Å². The molecule has 1 aromatic carbocycles. The first kappa shape index (κ1) is 20.7. The lowest BCUT2D eigenvalue weighted by Crippen LogP contribution is -2.34. The van der Waals surface area contributed by atoms with Crippen LogP contribution in [0.2, 0.25) is 0 Å². The molecule has 9 nitrogen and oxygen atoms in total. The zero-order chi connectivity index (χ0) is 18.9. The van der Waals surface area contributed by atoms with Crippen LogP contribution in [0.4, 0.5) is 0 Å². The third kappa shape index (κ3) is 6.59. The van der Waals surface area contributed by atoms with Gasteiger partial charge in [0.2, 0.25) is 10.0 Å². The quantitative estimate of drug-likeness (QED) is 0.555. The van der Waals surface area contributed by atoms with Crippen LogP contribution in [0.15, 0.2) is 23.1 Å². The Morgan fingerprint density at radius 3 is 2.40 bits per heavy atom. The molecule has 0 unspecified atom stereocenters. The highest BCUT2D eigenvalue weighted by Gasteiger charge is 2.19. The molecule has 0 spiro atoms. The molecule has 0 fully saturated rings. The predicted octanol–water partition coefficient (Wildman–Crippen LogP) is 0.0515. The topological polar surface area (TPSA) is 120 Å². The van der Waals surface area contributed by atoms with Crippen molar-refractivity contribution < 1.29 is 32.2 Å². The summed E-state index contributed by atoms with van der Waals surface area (Å²) in [7, 11) is -1.15. The van der Waals surface area contributed by atoms with Crippen LogP contribution in [0.25, 0.3) is 0 Å². The molecule has 0 saturated heterocycles. The molecule has 140 valence electrons. The molecule has 0 aliphatic heterocycles. The molecule has 0 bridgehead atoms. The second kappa shape index (κ2) is 9.84. The van der Waals surface area contributed by atoms with Crippen LogP contribution in [0.5, 0.6) is 11.5 Å². The van der Waals surface area contributed by atoms with Crippen molar-refractivity contribution in [2.24, 2.45) is 0 Å². The number of carbonyl (C=O) groups excluding carboxylic acids is 2. The smallest absolute Gasteiger partial charge is 0.321 e. The maximum Gasteiger partial charge on any atom is 0.321 e. The summed E-state index contributed by atoms with van der Waals surface area (Å²) in [5.41, 5.74) is 0. The molecule has 1 amide bonds. The van der Waals surface area contributed by atoms with Gasteiger partial charge in [0, 0.05) is 12.6 Å². The van der Waals surface area contributed by atoms with Gasteiger partial charge in [0.1, 0.15) is 6.54 Å². The van der Waals surface area contributed by atoms with Crippen LogP contribution in [0.1, 0.15) is 13.3 Å². The van der Waals surface area contributed by atoms with E-state index in [0.29, 0.717) is 12.3 Å². The molecular weight excluding hydrogens is 352 g/mol. The Kier molecular flexibility index (Phi) is 8.16. The molecule has 0 radical (unpaired) electrons. The van der Waals surface area contributed by atoms with E-state index in [1.165, 1.54) is 32.4 Å². The molecule has 0 heterocycles. The number of methoxy groups -OCH3 is 2. The second-order valence-corrected chi connectivity index (χ2v) is 6.62. The van der Waals surface area contributed by atoms with Crippen molar-refractivity contribution >= 4 is 21.9 Å². The van der Waals surface area contributed by atoms with E-state index >= 15 is 0 Å². The van der Waals surface area contributed by atoms with Gasteiger partial charge < -0.3 is 19.5 Å². The van der Waals surface area contributed by atoms with Gasteiger partial charge in [0.15, 0.2) is 18.1 Å². The average molecular weight is 374 g/mol. The van der Waals surface area contributed by atoms with E-state index in [-0.39, 0.29) is 10.6 Å². The maximum atomic E-state index is 12.2. The number of hydrogen-bond donors (Lipinski definition) is 2. The zero-order valence-corrected chi connectivity index (χ0v) is 15.1. The van der Waals surface area contributed by atoms with E-state index in [1.807, 2.05) is 6.92 Å². The normalized spacial score (nSPS) is 10.8. The summed E-state index contributed by atoms with van der Waals surface area (Å²) in [5, 5.41) is 2.53. The molecule has 25 heavy (non-hydrogen) atoms. The van der Waals surface area contributed by atoms with Crippen LogP contribution in [0.3, 0.4) is 0 Å². The maximum absolute atomic E-state index is 12.2. The highest BCUT2D eigenvalue weighted by Crippen LogP contribution is 2.29. The number of nitrogens with one attached hydrogen (secondary N) is 2. The monoisotopic (exact) mass is 374 g/mol. The van der Waals surface area contributed by atoms with Crippen molar-refractivity contribution in [1.29, 1.82) is 0 Å². The van der Waals surface area contributed by atoms with Gasteiger partial charge in [-0.1, -0.05) is 6.92 Å².